The molecule has 67 heavy (non-hydrogen) atoms. The van der Waals surface area contributed by atoms with Crippen LogP contribution in [0.3, 0.4) is 0 Å². The average molecular weight is 929 g/mol. The summed E-state index contributed by atoms with van der Waals surface area (Å²) in [5, 5.41) is 8.51. The summed E-state index contributed by atoms with van der Waals surface area (Å²) < 4.78 is 0. The molecule has 368 valence electrons. The second-order valence-electron chi connectivity index (χ2n) is 17.3. The Kier molecular flexibility index (Phi) is 23.5. The molecular formula is C49H76N12O6. The van der Waals surface area contributed by atoms with E-state index in [1.807, 2.05) is 36.4 Å². The van der Waals surface area contributed by atoms with Gasteiger partial charge in [-0.3, -0.25) is 28.8 Å². The van der Waals surface area contributed by atoms with Crippen LogP contribution in [0.25, 0.3) is 0 Å². The third-order valence-electron chi connectivity index (χ3n) is 12.1. The van der Waals surface area contributed by atoms with Crippen molar-refractivity contribution < 1.29 is 28.8 Å². The van der Waals surface area contributed by atoms with Crippen molar-refractivity contribution in [1.29, 1.82) is 0 Å². The van der Waals surface area contributed by atoms with Crippen LogP contribution >= 0.6 is 0 Å². The van der Waals surface area contributed by atoms with Gasteiger partial charge in [0, 0.05) is 42.2 Å². The van der Waals surface area contributed by atoms with Crippen molar-refractivity contribution in [3.05, 3.63) is 89.5 Å². The molecule has 0 heterocycles. The van der Waals surface area contributed by atoms with Crippen LogP contribution in [0.4, 0.5) is 17.1 Å². The lowest BCUT2D eigenvalue weighted by molar-refractivity contribution is -0.135. The first-order valence-corrected chi connectivity index (χ1v) is 23.5. The zero-order chi connectivity index (χ0) is 49.5. The molecule has 0 aromatic heterocycles. The van der Waals surface area contributed by atoms with Crippen molar-refractivity contribution in [3.63, 3.8) is 0 Å². The molecule has 18 heteroatoms. The van der Waals surface area contributed by atoms with Crippen molar-refractivity contribution in [2.45, 2.75) is 119 Å². The Morgan fingerprint density at radius 3 is 0.791 bits per heavy atom. The molecule has 3 amide bonds. The molecule has 0 unspecified atom stereocenters. The number of carbonyl (C=O) groups is 6. The molecule has 0 fully saturated rings. The lowest BCUT2D eigenvalue weighted by atomic mass is 9.84. The molecule has 0 saturated heterocycles. The Bertz CT molecular complexity index is 1820. The van der Waals surface area contributed by atoms with Crippen LogP contribution in [-0.4, -0.2) is 91.0 Å². The summed E-state index contributed by atoms with van der Waals surface area (Å²) in [4.78, 5) is 80.8. The molecule has 18 nitrogen and oxygen atoms in total. The molecular weight excluding hydrogens is 853 g/mol. The van der Waals surface area contributed by atoms with Gasteiger partial charge in [0.05, 0.1) is 0 Å². The van der Waals surface area contributed by atoms with Gasteiger partial charge in [0.15, 0.2) is 34.0 Å². The first-order valence-electron chi connectivity index (χ1n) is 23.5. The van der Waals surface area contributed by atoms with Gasteiger partial charge in [-0.15, -0.1) is 0 Å². The van der Waals surface area contributed by atoms with Gasteiger partial charge >= 0.3 is 0 Å². The van der Waals surface area contributed by atoms with Gasteiger partial charge in [-0.1, -0.05) is 36.4 Å². The van der Waals surface area contributed by atoms with Crippen molar-refractivity contribution in [1.82, 2.24) is 0 Å². The fourth-order valence-corrected chi connectivity index (χ4v) is 7.82. The van der Waals surface area contributed by atoms with Gasteiger partial charge in [0.1, 0.15) is 0 Å². The second kappa shape index (κ2) is 28.1. The van der Waals surface area contributed by atoms with Crippen LogP contribution in [0.2, 0.25) is 0 Å². The monoisotopic (exact) mass is 929 g/mol. The number of benzene rings is 3. The molecule has 0 bridgehead atoms. The quantitative estimate of drug-likeness (QED) is 0.0236. The van der Waals surface area contributed by atoms with Crippen LogP contribution in [0, 0.1) is 0 Å². The number of hydrogen-bond acceptors (Lipinski definition) is 15. The first-order chi connectivity index (χ1) is 32.1. The minimum Gasteiger partial charge on any atom is -0.330 e. The van der Waals surface area contributed by atoms with E-state index >= 15 is 0 Å². The van der Waals surface area contributed by atoms with E-state index in [0.717, 1.165) is 16.7 Å². The van der Waals surface area contributed by atoms with Crippen molar-refractivity contribution in [2.75, 3.05) is 55.2 Å². The van der Waals surface area contributed by atoms with Crippen molar-refractivity contribution >= 4 is 52.1 Å². The third kappa shape index (κ3) is 15.9. The van der Waals surface area contributed by atoms with Gasteiger partial charge in [-0.2, -0.15) is 0 Å². The van der Waals surface area contributed by atoms with E-state index in [-0.39, 0.29) is 58.2 Å². The summed E-state index contributed by atoms with van der Waals surface area (Å²) >= 11 is 0. The zero-order valence-corrected chi connectivity index (χ0v) is 39.0. The summed E-state index contributed by atoms with van der Waals surface area (Å²) in [6.45, 7) is 2.04. The number of nitrogens with one attached hydrogen (secondary N) is 3. The molecule has 3 atom stereocenters. The predicted molar refractivity (Wildman–Crippen MR) is 266 cm³/mol. The third-order valence-corrected chi connectivity index (χ3v) is 12.1. The summed E-state index contributed by atoms with van der Waals surface area (Å²) in [7, 11) is 0. The Morgan fingerprint density at radius 2 is 0.582 bits per heavy atom. The number of rotatable bonds is 33. The van der Waals surface area contributed by atoms with E-state index in [1.54, 1.807) is 36.4 Å². The van der Waals surface area contributed by atoms with Crippen molar-refractivity contribution in [3.8, 4) is 0 Å². The number of amides is 3. The highest BCUT2D eigenvalue weighted by Crippen LogP contribution is 2.35. The minimum atomic E-state index is -1.77. The SMILES string of the molecule is NCCCC[C@](N)(C(=O)CCCN)C(=O)Nc1ccc(C(c2ccc(NC(=O)[C@](N)(CCCCN)C(=O)CCCN)cc2)c2ccc(NC(=O)[C@](N)(CCCCN)C(=O)CCCN)cc2)cc1. The zero-order valence-electron chi connectivity index (χ0n) is 39.0. The number of unbranched alkanes of at least 4 members (excludes halogenated alkanes) is 3. The van der Waals surface area contributed by atoms with E-state index < -0.39 is 57.6 Å². The van der Waals surface area contributed by atoms with E-state index in [4.69, 9.17) is 51.6 Å². The van der Waals surface area contributed by atoms with Gasteiger partial charge in [-0.05, 0) is 169 Å². The maximum atomic E-state index is 13.7. The number of nitrogens with two attached hydrogens (primary N) is 9. The standard InChI is InChI=1S/C49H76N12O6/c50-28-4-1-25-47(56,40(62)10-7-31-53)44(65)59-37-19-13-34(14-20-37)43(35-15-21-38(22-16-35)60-45(66)48(57,26-2-5-29-51)41(63)11-8-32-54)36-17-23-39(24-18-36)61-46(67)49(58,27-3-6-30-52)42(64)12-9-33-55/h13-24,43H,1-12,25-33,50-58H2,(H,59,65)(H,60,66)(H,61,67)/t47-,48-,49-/m0/s1. The summed E-state index contributed by atoms with van der Waals surface area (Å²) in [6, 6.07) is 21.3. The van der Waals surface area contributed by atoms with E-state index in [1.165, 1.54) is 0 Å². The first kappa shape index (κ1) is 56.0. The maximum absolute atomic E-state index is 13.7. The Balaban J connectivity index is 2.02. The highest BCUT2D eigenvalue weighted by Gasteiger charge is 2.42. The number of Topliss-reactive ketones (excluding diaryl/α,β-unsaturated/α-hetero) is 3. The van der Waals surface area contributed by atoms with Crippen LogP contribution in [0.1, 0.15) is 119 Å². The molecule has 0 aliphatic rings. The van der Waals surface area contributed by atoms with Gasteiger partial charge in [-0.25, -0.2) is 0 Å². The summed E-state index contributed by atoms with van der Waals surface area (Å²) in [5.41, 5.74) is 51.9. The second-order valence-corrected chi connectivity index (χ2v) is 17.3. The van der Waals surface area contributed by atoms with Crippen LogP contribution in [0.5, 0.6) is 0 Å². The average Bonchev–Trinajstić information content (AvgIpc) is 3.33. The fourth-order valence-electron chi connectivity index (χ4n) is 7.82. The molecule has 0 aliphatic carbocycles. The molecule has 3 aromatic carbocycles. The highest BCUT2D eigenvalue weighted by atomic mass is 16.2. The largest absolute Gasteiger partial charge is 0.330 e. The van der Waals surface area contributed by atoms with Crippen LogP contribution in [-0.2, 0) is 28.8 Å². The Hall–Kier alpha value is -5.28. The van der Waals surface area contributed by atoms with E-state index in [9.17, 15) is 28.8 Å². The maximum Gasteiger partial charge on any atom is 0.252 e. The minimum absolute atomic E-state index is 0.0677. The van der Waals surface area contributed by atoms with Crippen LogP contribution in [0.15, 0.2) is 72.8 Å². The molecule has 0 radical (unpaired) electrons. The van der Waals surface area contributed by atoms with E-state index in [2.05, 4.69) is 16.0 Å². The molecule has 3 rings (SSSR count). The predicted octanol–water partition coefficient (Wildman–Crippen LogP) is 2.09. The van der Waals surface area contributed by atoms with Crippen molar-refractivity contribution in [2.24, 2.45) is 51.6 Å². The van der Waals surface area contributed by atoms with Crippen LogP contribution < -0.4 is 67.6 Å². The molecule has 21 N–H and O–H groups in total. The summed E-state index contributed by atoms with van der Waals surface area (Å²) in [5.74, 6) is -3.51. The number of ketones is 3. The molecule has 0 spiro atoms. The lowest BCUT2D eigenvalue weighted by Crippen LogP contribution is -2.57. The number of hydrogen-bond donors (Lipinski definition) is 12. The highest BCUT2D eigenvalue weighted by molar-refractivity contribution is 6.16. The number of anilines is 3. The van der Waals surface area contributed by atoms with E-state index in [0.29, 0.717) is 94.5 Å². The van der Waals surface area contributed by atoms with Gasteiger partial charge in [0.25, 0.3) is 17.7 Å². The Labute approximate surface area is 395 Å². The topological polar surface area (TPSA) is 373 Å². The Morgan fingerprint density at radius 1 is 0.358 bits per heavy atom. The fraction of sp³-hybridized carbons (Fsp3) is 0.510. The normalized spacial score (nSPS) is 14.1. The molecule has 3 aromatic rings. The molecule has 0 aliphatic heterocycles. The lowest BCUT2D eigenvalue weighted by Gasteiger charge is -2.27. The molecule has 0 saturated carbocycles. The smallest absolute Gasteiger partial charge is 0.252 e. The number of carbonyl (C=O) groups excluding carboxylic acids is 6. The van der Waals surface area contributed by atoms with Gasteiger partial charge in [0.2, 0.25) is 0 Å². The summed E-state index contributed by atoms with van der Waals surface area (Å²) in [6.07, 6.45) is 5.05. The van der Waals surface area contributed by atoms with Gasteiger partial charge < -0.3 is 67.6 Å².